The number of rotatable bonds is 5. The molecule has 1 atom stereocenters. The second-order valence-corrected chi connectivity index (χ2v) is 9.22. The third kappa shape index (κ3) is 4.71. The number of piperidine rings is 2. The number of para-hydroxylation sites is 1. The van der Waals surface area contributed by atoms with Gasteiger partial charge in [-0.05, 0) is 63.1 Å². The van der Waals surface area contributed by atoms with E-state index in [-0.39, 0.29) is 5.91 Å². The molecule has 0 spiro atoms. The number of hydrogen-bond donors (Lipinski definition) is 0. The van der Waals surface area contributed by atoms with Gasteiger partial charge in [0.05, 0.1) is 12.2 Å². The summed E-state index contributed by atoms with van der Waals surface area (Å²) in [6, 6.07) is 8.64. The topological polar surface area (TPSA) is 32.8 Å². The molecule has 0 bridgehead atoms. The second kappa shape index (κ2) is 9.30. The van der Waals surface area contributed by atoms with E-state index in [2.05, 4.69) is 11.8 Å². The summed E-state index contributed by atoms with van der Waals surface area (Å²) in [5.74, 6) is 2.21. The smallest absolute Gasteiger partial charge is 0.257 e. The number of carbonyl (C=O) groups excluding carboxylic acids is 1. The van der Waals surface area contributed by atoms with E-state index >= 15 is 0 Å². The normalized spacial score (nSPS) is 25.2. The minimum Gasteiger partial charge on any atom is -0.492 e. The number of ether oxygens (including phenoxy) is 1. The molecule has 0 aromatic heterocycles. The van der Waals surface area contributed by atoms with Crippen LogP contribution in [0.4, 0.5) is 0 Å². The summed E-state index contributed by atoms with van der Waals surface area (Å²) in [5.41, 5.74) is 0.737. The van der Waals surface area contributed by atoms with E-state index in [0.717, 1.165) is 62.4 Å². The predicted octanol–water partition coefficient (Wildman–Crippen LogP) is 4.59. The van der Waals surface area contributed by atoms with Gasteiger partial charge in [0, 0.05) is 31.6 Å². The van der Waals surface area contributed by atoms with Gasteiger partial charge in [-0.2, -0.15) is 0 Å². The van der Waals surface area contributed by atoms with Crippen LogP contribution in [0.1, 0.15) is 68.6 Å². The van der Waals surface area contributed by atoms with Crippen LogP contribution in [0.3, 0.4) is 0 Å². The predicted molar refractivity (Wildman–Crippen MR) is 113 cm³/mol. The van der Waals surface area contributed by atoms with Crippen molar-refractivity contribution in [1.82, 2.24) is 9.80 Å². The summed E-state index contributed by atoms with van der Waals surface area (Å²) >= 11 is 0. The first-order valence-corrected chi connectivity index (χ1v) is 11.5. The molecule has 0 radical (unpaired) electrons. The summed E-state index contributed by atoms with van der Waals surface area (Å²) in [4.78, 5) is 17.8. The largest absolute Gasteiger partial charge is 0.492 e. The van der Waals surface area contributed by atoms with Crippen molar-refractivity contribution in [3.63, 3.8) is 0 Å². The molecule has 2 saturated heterocycles. The van der Waals surface area contributed by atoms with Crippen LogP contribution in [0, 0.1) is 11.8 Å². The Hall–Kier alpha value is -1.55. The van der Waals surface area contributed by atoms with Crippen LogP contribution >= 0.6 is 0 Å². The quantitative estimate of drug-likeness (QED) is 0.744. The molecular formula is C24H36N2O2. The molecular weight excluding hydrogens is 348 g/mol. The first-order valence-electron chi connectivity index (χ1n) is 11.5. The highest BCUT2D eigenvalue weighted by atomic mass is 16.5. The van der Waals surface area contributed by atoms with E-state index in [4.69, 9.17) is 4.74 Å². The van der Waals surface area contributed by atoms with Crippen LogP contribution in [0.2, 0.25) is 0 Å². The maximum atomic E-state index is 13.0. The number of amides is 1. The lowest BCUT2D eigenvalue weighted by atomic mass is 9.97. The second-order valence-electron chi connectivity index (χ2n) is 9.22. The number of hydrogen-bond acceptors (Lipinski definition) is 3. The van der Waals surface area contributed by atoms with Gasteiger partial charge < -0.3 is 9.64 Å². The van der Waals surface area contributed by atoms with Crippen LogP contribution in [0.25, 0.3) is 0 Å². The zero-order valence-electron chi connectivity index (χ0n) is 17.4. The number of benzene rings is 1. The fraction of sp³-hybridized carbons (Fsp3) is 0.708. The van der Waals surface area contributed by atoms with E-state index in [0.29, 0.717) is 5.92 Å². The van der Waals surface area contributed by atoms with Crippen molar-refractivity contribution >= 4 is 5.91 Å². The molecule has 4 rings (SSSR count). The van der Waals surface area contributed by atoms with Crippen LogP contribution in [-0.4, -0.2) is 54.5 Å². The van der Waals surface area contributed by atoms with Crippen molar-refractivity contribution in [3.05, 3.63) is 29.8 Å². The molecule has 3 fully saturated rings. The average molecular weight is 385 g/mol. The summed E-state index contributed by atoms with van der Waals surface area (Å²) in [5, 5.41) is 0. The van der Waals surface area contributed by atoms with Crippen molar-refractivity contribution in [3.8, 4) is 5.75 Å². The number of nitrogens with zero attached hydrogens (tertiary/aromatic N) is 2. The summed E-state index contributed by atoms with van der Waals surface area (Å²) in [6.45, 7) is 7.15. The fourth-order valence-corrected chi connectivity index (χ4v) is 5.19. The minimum absolute atomic E-state index is 0.138. The molecule has 1 saturated carbocycles. The summed E-state index contributed by atoms with van der Waals surface area (Å²) < 4.78 is 6.25. The standard InChI is InChI=1S/C24H36N2O2/c1-19-12-15-25(16-13-19)24(27)22-10-4-5-11-23(22)28-18-20-7-6-14-26(17-20)21-8-2-3-9-21/h4-5,10-11,19-21H,2-3,6-9,12-18H2,1H3. The van der Waals surface area contributed by atoms with E-state index in [1.54, 1.807) is 0 Å². The molecule has 1 amide bonds. The van der Waals surface area contributed by atoms with Crippen LogP contribution in [0.5, 0.6) is 5.75 Å². The minimum atomic E-state index is 0.138. The molecule has 1 aromatic carbocycles. The van der Waals surface area contributed by atoms with Crippen molar-refractivity contribution in [2.45, 2.75) is 64.3 Å². The van der Waals surface area contributed by atoms with Crippen LogP contribution < -0.4 is 4.74 Å². The molecule has 1 aromatic rings. The Kier molecular flexibility index (Phi) is 6.56. The van der Waals surface area contributed by atoms with Gasteiger partial charge in [0.2, 0.25) is 0 Å². The lowest BCUT2D eigenvalue weighted by Gasteiger charge is -2.36. The van der Waals surface area contributed by atoms with Crippen molar-refractivity contribution < 1.29 is 9.53 Å². The van der Waals surface area contributed by atoms with Gasteiger partial charge in [-0.15, -0.1) is 0 Å². The Morgan fingerprint density at radius 3 is 2.54 bits per heavy atom. The Morgan fingerprint density at radius 2 is 1.75 bits per heavy atom. The molecule has 1 unspecified atom stereocenters. The molecule has 2 aliphatic heterocycles. The SMILES string of the molecule is CC1CCN(C(=O)c2ccccc2OCC2CCCN(C3CCCC3)C2)CC1. The van der Waals surface area contributed by atoms with E-state index < -0.39 is 0 Å². The lowest BCUT2D eigenvalue weighted by Crippen LogP contribution is -2.43. The highest BCUT2D eigenvalue weighted by Gasteiger charge is 2.29. The number of carbonyl (C=O) groups is 1. The van der Waals surface area contributed by atoms with E-state index in [1.165, 1.54) is 45.1 Å². The van der Waals surface area contributed by atoms with Gasteiger partial charge in [-0.3, -0.25) is 9.69 Å². The summed E-state index contributed by atoms with van der Waals surface area (Å²) in [6.07, 6.45) is 10.3. The monoisotopic (exact) mass is 384 g/mol. The molecule has 4 heteroatoms. The van der Waals surface area contributed by atoms with E-state index in [1.807, 2.05) is 29.2 Å². The first kappa shape index (κ1) is 19.8. The first-order chi connectivity index (χ1) is 13.7. The zero-order valence-corrected chi connectivity index (χ0v) is 17.4. The fourth-order valence-electron chi connectivity index (χ4n) is 5.19. The van der Waals surface area contributed by atoms with Gasteiger partial charge in [0.15, 0.2) is 0 Å². The molecule has 0 N–H and O–H groups in total. The maximum Gasteiger partial charge on any atom is 0.257 e. The van der Waals surface area contributed by atoms with Crippen LogP contribution in [-0.2, 0) is 0 Å². The van der Waals surface area contributed by atoms with E-state index in [9.17, 15) is 4.79 Å². The molecule has 4 nitrogen and oxygen atoms in total. The third-order valence-corrected chi connectivity index (χ3v) is 7.05. The molecule has 3 aliphatic rings. The molecule has 1 aliphatic carbocycles. The highest BCUT2D eigenvalue weighted by Crippen LogP contribution is 2.29. The summed E-state index contributed by atoms with van der Waals surface area (Å²) in [7, 11) is 0. The van der Waals surface area contributed by atoms with Crippen molar-refractivity contribution in [1.29, 1.82) is 0 Å². The Bertz CT molecular complexity index is 648. The average Bonchev–Trinajstić information content (AvgIpc) is 3.28. The van der Waals surface area contributed by atoms with Gasteiger partial charge in [0.25, 0.3) is 5.91 Å². The Labute approximate surface area is 170 Å². The van der Waals surface area contributed by atoms with Gasteiger partial charge in [0.1, 0.15) is 5.75 Å². The maximum absolute atomic E-state index is 13.0. The van der Waals surface area contributed by atoms with Gasteiger partial charge >= 0.3 is 0 Å². The zero-order chi connectivity index (χ0) is 19.3. The molecule has 2 heterocycles. The molecule has 154 valence electrons. The third-order valence-electron chi connectivity index (χ3n) is 7.05. The van der Waals surface area contributed by atoms with Crippen molar-refractivity contribution in [2.75, 3.05) is 32.8 Å². The lowest BCUT2D eigenvalue weighted by molar-refractivity contribution is 0.0686. The molecule has 28 heavy (non-hydrogen) atoms. The van der Waals surface area contributed by atoms with Gasteiger partial charge in [-0.1, -0.05) is 31.9 Å². The number of likely N-dealkylation sites (tertiary alicyclic amines) is 2. The Morgan fingerprint density at radius 1 is 1.00 bits per heavy atom. The Balaban J connectivity index is 1.35. The highest BCUT2D eigenvalue weighted by molar-refractivity contribution is 5.97. The van der Waals surface area contributed by atoms with Crippen molar-refractivity contribution in [2.24, 2.45) is 11.8 Å². The van der Waals surface area contributed by atoms with Gasteiger partial charge in [-0.25, -0.2) is 0 Å². The van der Waals surface area contributed by atoms with Crippen LogP contribution in [0.15, 0.2) is 24.3 Å².